The van der Waals surface area contributed by atoms with Crippen LogP contribution in [-0.4, -0.2) is 5.11 Å². The van der Waals surface area contributed by atoms with E-state index in [4.69, 9.17) is 10.8 Å². The highest BCUT2D eigenvalue weighted by molar-refractivity contribution is 9.10. The van der Waals surface area contributed by atoms with Gasteiger partial charge in [-0.1, -0.05) is 15.9 Å². The van der Waals surface area contributed by atoms with E-state index in [-0.39, 0.29) is 10.2 Å². The third-order valence-corrected chi connectivity index (χ3v) is 2.08. The summed E-state index contributed by atoms with van der Waals surface area (Å²) in [6.07, 6.45) is -4.50. The van der Waals surface area contributed by atoms with Crippen LogP contribution in [0.5, 0.6) is 5.75 Å². The highest BCUT2D eigenvalue weighted by atomic mass is 79.9. The van der Waals surface area contributed by atoms with Gasteiger partial charge < -0.3 is 10.8 Å². The normalized spacial score (nSPS) is 11.7. The molecule has 0 fully saturated rings. The van der Waals surface area contributed by atoms with Crippen molar-refractivity contribution in [1.29, 1.82) is 0 Å². The number of hydrogen-bond donors (Lipinski definition) is 2. The number of phenols is 1. The zero-order chi connectivity index (χ0) is 10.2. The number of halogens is 4. The molecule has 0 aromatic heterocycles. The fraction of sp³-hybridized carbons (Fsp3) is 0.143. The van der Waals surface area contributed by atoms with Gasteiger partial charge in [0.1, 0.15) is 5.75 Å². The third-order valence-electron chi connectivity index (χ3n) is 1.42. The van der Waals surface area contributed by atoms with Crippen molar-refractivity contribution >= 4 is 21.6 Å². The number of aromatic hydroxyl groups is 1. The molecule has 0 atom stereocenters. The Hall–Kier alpha value is -0.910. The number of rotatable bonds is 0. The molecule has 1 rings (SSSR count). The second kappa shape index (κ2) is 3.10. The molecule has 0 aliphatic heterocycles. The van der Waals surface area contributed by atoms with E-state index >= 15 is 0 Å². The van der Waals surface area contributed by atoms with Gasteiger partial charge in [-0.3, -0.25) is 0 Å². The average molecular weight is 256 g/mol. The lowest BCUT2D eigenvalue weighted by molar-refractivity contribution is -0.138. The Morgan fingerprint density at radius 3 is 2.31 bits per heavy atom. The predicted molar refractivity (Wildman–Crippen MR) is 45.2 cm³/mol. The number of benzene rings is 1. The molecular formula is C7H5BrF3NO. The van der Waals surface area contributed by atoms with Crippen LogP contribution in [0.2, 0.25) is 0 Å². The highest BCUT2D eigenvalue weighted by Gasteiger charge is 2.33. The molecule has 0 amide bonds. The maximum atomic E-state index is 12.2. The number of nitrogen functional groups attached to an aromatic ring is 1. The Balaban J connectivity index is 3.32. The molecule has 1 aromatic carbocycles. The molecule has 0 saturated heterocycles. The van der Waals surface area contributed by atoms with E-state index < -0.39 is 17.5 Å². The van der Waals surface area contributed by atoms with E-state index in [1.165, 1.54) is 0 Å². The summed E-state index contributed by atoms with van der Waals surface area (Å²) in [6, 6.07) is 1.59. The van der Waals surface area contributed by atoms with Gasteiger partial charge in [0.05, 0.1) is 11.3 Å². The summed E-state index contributed by atoms with van der Waals surface area (Å²) >= 11 is 2.71. The van der Waals surface area contributed by atoms with Gasteiger partial charge in [0.25, 0.3) is 0 Å². The van der Waals surface area contributed by atoms with Crippen molar-refractivity contribution in [3.63, 3.8) is 0 Å². The van der Waals surface area contributed by atoms with Crippen molar-refractivity contribution in [3.8, 4) is 5.75 Å². The van der Waals surface area contributed by atoms with Crippen molar-refractivity contribution in [1.82, 2.24) is 0 Å². The summed E-state index contributed by atoms with van der Waals surface area (Å²) in [7, 11) is 0. The molecule has 0 aliphatic rings. The van der Waals surface area contributed by atoms with E-state index in [0.29, 0.717) is 6.07 Å². The first-order valence-corrected chi connectivity index (χ1v) is 3.97. The largest absolute Gasteiger partial charge is 0.506 e. The molecule has 0 unspecified atom stereocenters. The number of hydrogen-bond acceptors (Lipinski definition) is 2. The van der Waals surface area contributed by atoms with Crippen LogP contribution in [0.4, 0.5) is 18.9 Å². The molecule has 72 valence electrons. The van der Waals surface area contributed by atoms with E-state index in [2.05, 4.69) is 15.9 Å². The minimum absolute atomic E-state index is 0.0973. The van der Waals surface area contributed by atoms with E-state index in [1.807, 2.05) is 0 Å². The molecule has 2 nitrogen and oxygen atoms in total. The molecule has 0 aliphatic carbocycles. The minimum atomic E-state index is -4.50. The first kappa shape index (κ1) is 10.2. The summed E-state index contributed by atoms with van der Waals surface area (Å²) in [6.45, 7) is 0. The van der Waals surface area contributed by atoms with E-state index in [1.54, 1.807) is 0 Å². The van der Waals surface area contributed by atoms with E-state index in [9.17, 15) is 13.2 Å². The second-order valence-corrected chi connectivity index (χ2v) is 3.24. The van der Waals surface area contributed by atoms with Gasteiger partial charge in [-0.2, -0.15) is 13.2 Å². The number of phenolic OH excluding ortho intramolecular Hbond substituents is 1. The van der Waals surface area contributed by atoms with Gasteiger partial charge in [-0.05, 0) is 12.1 Å². The maximum Gasteiger partial charge on any atom is 0.417 e. The SMILES string of the molecule is Nc1cc(Br)c(C(F)(F)F)cc1O. The summed E-state index contributed by atoms with van der Waals surface area (Å²) in [4.78, 5) is 0. The Morgan fingerprint density at radius 2 is 1.85 bits per heavy atom. The number of nitrogens with two attached hydrogens (primary N) is 1. The van der Waals surface area contributed by atoms with Crippen LogP contribution < -0.4 is 5.73 Å². The predicted octanol–water partition coefficient (Wildman–Crippen LogP) is 2.76. The molecule has 6 heteroatoms. The standard InChI is InChI=1S/C7H5BrF3NO/c8-4-2-5(12)6(13)1-3(4)7(9,10)11/h1-2,13H,12H2. The maximum absolute atomic E-state index is 12.2. The number of anilines is 1. The summed E-state index contributed by atoms with van der Waals surface area (Å²) in [5.74, 6) is -0.574. The van der Waals surface area contributed by atoms with Crippen LogP contribution in [0.25, 0.3) is 0 Å². The van der Waals surface area contributed by atoms with Crippen molar-refractivity contribution in [3.05, 3.63) is 22.2 Å². The molecule has 3 N–H and O–H groups in total. The van der Waals surface area contributed by atoms with Crippen LogP contribution in [0.1, 0.15) is 5.56 Å². The van der Waals surface area contributed by atoms with Crippen LogP contribution in [-0.2, 0) is 6.18 Å². The average Bonchev–Trinajstić information content (AvgIpc) is 1.94. The lowest BCUT2D eigenvalue weighted by Gasteiger charge is -2.10. The fourth-order valence-electron chi connectivity index (χ4n) is 0.794. The monoisotopic (exact) mass is 255 g/mol. The molecule has 0 saturated carbocycles. The molecule has 13 heavy (non-hydrogen) atoms. The Morgan fingerprint density at radius 1 is 1.31 bits per heavy atom. The molecule has 0 bridgehead atoms. The molecule has 0 radical (unpaired) electrons. The van der Waals surface area contributed by atoms with Gasteiger partial charge in [0.2, 0.25) is 0 Å². The van der Waals surface area contributed by atoms with Gasteiger partial charge >= 0.3 is 6.18 Å². The summed E-state index contributed by atoms with van der Waals surface area (Å²) in [5, 5.41) is 8.94. The topological polar surface area (TPSA) is 46.2 Å². The number of alkyl halides is 3. The van der Waals surface area contributed by atoms with Gasteiger partial charge in [0.15, 0.2) is 0 Å². The van der Waals surface area contributed by atoms with Crippen molar-refractivity contribution in [2.75, 3.05) is 5.73 Å². The van der Waals surface area contributed by atoms with Crippen molar-refractivity contribution < 1.29 is 18.3 Å². The van der Waals surface area contributed by atoms with Crippen molar-refractivity contribution in [2.24, 2.45) is 0 Å². The molecule has 1 aromatic rings. The van der Waals surface area contributed by atoms with Crippen LogP contribution in [0, 0.1) is 0 Å². The van der Waals surface area contributed by atoms with Gasteiger partial charge in [0, 0.05) is 4.47 Å². The smallest absolute Gasteiger partial charge is 0.417 e. The lowest BCUT2D eigenvalue weighted by Crippen LogP contribution is -2.06. The lowest BCUT2D eigenvalue weighted by atomic mass is 10.2. The zero-order valence-corrected chi connectivity index (χ0v) is 7.78. The van der Waals surface area contributed by atoms with Crippen LogP contribution in [0.15, 0.2) is 16.6 Å². The minimum Gasteiger partial charge on any atom is -0.506 e. The molecule has 0 spiro atoms. The zero-order valence-electron chi connectivity index (χ0n) is 6.19. The van der Waals surface area contributed by atoms with Crippen molar-refractivity contribution in [2.45, 2.75) is 6.18 Å². The third kappa shape index (κ3) is 2.06. The quantitative estimate of drug-likeness (QED) is 0.553. The summed E-state index contributed by atoms with van der Waals surface area (Å²) in [5.41, 5.74) is 4.14. The molecule has 0 heterocycles. The van der Waals surface area contributed by atoms with Gasteiger partial charge in [-0.25, -0.2) is 0 Å². The van der Waals surface area contributed by atoms with E-state index in [0.717, 1.165) is 6.07 Å². The Kier molecular flexibility index (Phi) is 2.42. The first-order chi connectivity index (χ1) is 5.82. The molecular weight excluding hydrogens is 251 g/mol. The first-order valence-electron chi connectivity index (χ1n) is 3.17. The van der Waals surface area contributed by atoms with Crippen LogP contribution >= 0.6 is 15.9 Å². The Bertz CT molecular complexity index is 337. The van der Waals surface area contributed by atoms with Gasteiger partial charge in [-0.15, -0.1) is 0 Å². The Labute approximate surface area is 80.3 Å². The van der Waals surface area contributed by atoms with Crippen LogP contribution in [0.3, 0.4) is 0 Å². The second-order valence-electron chi connectivity index (χ2n) is 2.39. The summed E-state index contributed by atoms with van der Waals surface area (Å²) < 4.78 is 36.4. The highest BCUT2D eigenvalue weighted by Crippen LogP contribution is 2.38. The fourth-order valence-corrected chi connectivity index (χ4v) is 1.38.